The lowest BCUT2D eigenvalue weighted by Gasteiger charge is -2.06. The highest BCUT2D eigenvalue weighted by molar-refractivity contribution is 5.85. The van der Waals surface area contributed by atoms with E-state index in [9.17, 15) is 9.90 Å². The molecule has 0 fully saturated rings. The molecule has 0 bridgehead atoms. The number of benzene rings is 3. The minimum atomic E-state index is -0.413. The van der Waals surface area contributed by atoms with Crippen molar-refractivity contribution >= 4 is 22.9 Å². The van der Waals surface area contributed by atoms with Gasteiger partial charge in [0.2, 0.25) is 0 Å². The third-order valence-corrected chi connectivity index (χ3v) is 3.95. The predicted molar refractivity (Wildman–Crippen MR) is 104 cm³/mol. The minimum absolute atomic E-state index is 0.261. The van der Waals surface area contributed by atoms with Gasteiger partial charge in [0.15, 0.2) is 0 Å². The van der Waals surface area contributed by atoms with Gasteiger partial charge in [-0.3, -0.25) is 0 Å². The smallest absolute Gasteiger partial charge is 0.407 e. The Hall–Kier alpha value is -3.27. The summed E-state index contributed by atoms with van der Waals surface area (Å²) in [6.07, 6.45) is 4.30. The van der Waals surface area contributed by atoms with Gasteiger partial charge in [0, 0.05) is 6.54 Å². The average Bonchev–Trinajstić information content (AvgIpc) is 2.66. The highest BCUT2D eigenvalue weighted by Crippen LogP contribution is 2.21. The number of phenols is 1. The Kier molecular flexibility index (Phi) is 5.88. The Balaban J connectivity index is 1.42. The van der Waals surface area contributed by atoms with Crippen LogP contribution < -0.4 is 5.32 Å². The van der Waals surface area contributed by atoms with Crippen molar-refractivity contribution < 1.29 is 14.6 Å². The molecule has 0 radical (unpaired) electrons. The van der Waals surface area contributed by atoms with Gasteiger partial charge >= 0.3 is 6.09 Å². The van der Waals surface area contributed by atoms with Crippen LogP contribution in [0.2, 0.25) is 0 Å². The molecule has 26 heavy (non-hydrogen) atoms. The van der Waals surface area contributed by atoms with Gasteiger partial charge in [-0.05, 0) is 46.5 Å². The van der Waals surface area contributed by atoms with E-state index in [4.69, 9.17) is 4.74 Å². The molecule has 132 valence electrons. The summed E-state index contributed by atoms with van der Waals surface area (Å²) in [5.41, 5.74) is 2.01. The second kappa shape index (κ2) is 8.72. The Labute approximate surface area is 152 Å². The fraction of sp³-hybridized carbons (Fsp3) is 0.136. The van der Waals surface area contributed by atoms with Crippen LogP contribution in [0.3, 0.4) is 0 Å². The van der Waals surface area contributed by atoms with Crippen molar-refractivity contribution in [1.29, 1.82) is 0 Å². The van der Waals surface area contributed by atoms with Gasteiger partial charge in [-0.1, -0.05) is 60.7 Å². The van der Waals surface area contributed by atoms with Crippen molar-refractivity contribution in [3.8, 4) is 5.75 Å². The molecular weight excluding hydrogens is 326 g/mol. The number of carbonyl (C=O) groups excluding carboxylic acids is 1. The summed E-state index contributed by atoms with van der Waals surface area (Å²) in [4.78, 5) is 11.6. The fourth-order valence-corrected chi connectivity index (χ4v) is 2.61. The second-order valence-corrected chi connectivity index (χ2v) is 5.97. The molecule has 0 aliphatic carbocycles. The first-order chi connectivity index (χ1) is 12.7. The van der Waals surface area contributed by atoms with Gasteiger partial charge in [0.25, 0.3) is 0 Å². The molecule has 0 unspecified atom stereocenters. The molecule has 3 rings (SSSR count). The maximum absolute atomic E-state index is 11.6. The standard InChI is InChI=1S/C22H21NO3/c24-21-12-11-19-10-9-17(14-20(19)15-21)6-4-5-13-23-22(25)26-16-18-7-2-1-3-8-18/h1-4,6-12,14-15,24H,5,13,16H2,(H,23,25). The number of fused-ring (bicyclic) bond motifs is 1. The first-order valence-electron chi connectivity index (χ1n) is 8.54. The number of rotatable bonds is 6. The van der Waals surface area contributed by atoms with E-state index in [0.717, 1.165) is 21.9 Å². The molecule has 0 aliphatic rings. The van der Waals surface area contributed by atoms with Crippen LogP contribution in [-0.2, 0) is 11.3 Å². The number of ether oxygens (including phenoxy) is 1. The van der Waals surface area contributed by atoms with E-state index in [2.05, 4.69) is 5.32 Å². The third kappa shape index (κ3) is 5.11. The number of alkyl carbamates (subject to hydrolysis) is 1. The number of carbonyl (C=O) groups is 1. The lowest BCUT2D eigenvalue weighted by molar-refractivity contribution is 0.140. The second-order valence-electron chi connectivity index (χ2n) is 5.97. The summed E-state index contributed by atoms with van der Waals surface area (Å²) in [7, 11) is 0. The molecule has 0 atom stereocenters. The fourth-order valence-electron chi connectivity index (χ4n) is 2.61. The largest absolute Gasteiger partial charge is 0.508 e. The molecule has 0 heterocycles. The van der Waals surface area contributed by atoms with Gasteiger partial charge in [0.1, 0.15) is 12.4 Å². The van der Waals surface area contributed by atoms with E-state index >= 15 is 0 Å². The van der Waals surface area contributed by atoms with Crippen molar-refractivity contribution in [2.24, 2.45) is 0 Å². The van der Waals surface area contributed by atoms with Crippen LogP contribution in [0.5, 0.6) is 5.75 Å². The van der Waals surface area contributed by atoms with Crippen LogP contribution in [0, 0.1) is 0 Å². The quantitative estimate of drug-likeness (QED) is 0.625. The number of nitrogens with one attached hydrogen (secondary N) is 1. The number of aromatic hydroxyl groups is 1. The van der Waals surface area contributed by atoms with Gasteiger partial charge in [-0.25, -0.2) is 4.79 Å². The van der Waals surface area contributed by atoms with Crippen molar-refractivity contribution in [1.82, 2.24) is 5.32 Å². The zero-order valence-corrected chi connectivity index (χ0v) is 14.4. The van der Waals surface area contributed by atoms with E-state index < -0.39 is 6.09 Å². The summed E-state index contributed by atoms with van der Waals surface area (Å²) >= 11 is 0. The summed E-state index contributed by atoms with van der Waals surface area (Å²) in [6, 6.07) is 21.0. The Morgan fingerprint density at radius 1 is 1.00 bits per heavy atom. The molecule has 2 N–H and O–H groups in total. The van der Waals surface area contributed by atoms with Crippen molar-refractivity contribution in [2.45, 2.75) is 13.0 Å². The first-order valence-corrected chi connectivity index (χ1v) is 8.54. The monoisotopic (exact) mass is 347 g/mol. The van der Waals surface area contributed by atoms with Gasteiger partial charge in [-0.15, -0.1) is 0 Å². The van der Waals surface area contributed by atoms with Crippen molar-refractivity contribution in [3.63, 3.8) is 0 Å². The maximum atomic E-state index is 11.6. The molecular formula is C22H21NO3. The summed E-state index contributed by atoms with van der Waals surface area (Å²) in [5.74, 6) is 0.261. The Morgan fingerprint density at radius 3 is 2.65 bits per heavy atom. The van der Waals surface area contributed by atoms with E-state index in [1.165, 1.54) is 0 Å². The van der Waals surface area contributed by atoms with Crippen LogP contribution in [0.1, 0.15) is 17.5 Å². The zero-order valence-electron chi connectivity index (χ0n) is 14.4. The molecule has 0 aliphatic heterocycles. The van der Waals surface area contributed by atoms with Crippen molar-refractivity contribution in [2.75, 3.05) is 6.54 Å². The van der Waals surface area contributed by atoms with E-state index in [1.54, 1.807) is 12.1 Å². The van der Waals surface area contributed by atoms with Crippen LogP contribution in [0.15, 0.2) is 72.8 Å². The van der Waals surface area contributed by atoms with Crippen LogP contribution in [-0.4, -0.2) is 17.7 Å². The molecule has 4 heteroatoms. The highest BCUT2D eigenvalue weighted by Gasteiger charge is 2.01. The number of hydrogen-bond donors (Lipinski definition) is 2. The molecule has 1 amide bonds. The summed E-state index contributed by atoms with van der Waals surface area (Å²) in [5, 5.41) is 14.4. The lowest BCUT2D eigenvalue weighted by atomic mass is 10.1. The third-order valence-electron chi connectivity index (χ3n) is 3.95. The van der Waals surface area contributed by atoms with Crippen LogP contribution in [0.4, 0.5) is 4.79 Å². The maximum Gasteiger partial charge on any atom is 0.407 e. The highest BCUT2D eigenvalue weighted by atomic mass is 16.5. The first kappa shape index (κ1) is 17.5. The summed E-state index contributed by atoms with van der Waals surface area (Å²) < 4.78 is 5.15. The average molecular weight is 347 g/mol. The van der Waals surface area contributed by atoms with E-state index in [-0.39, 0.29) is 12.4 Å². The molecule has 0 saturated heterocycles. The molecule has 0 aromatic heterocycles. The Morgan fingerprint density at radius 2 is 1.81 bits per heavy atom. The SMILES string of the molecule is O=C(NCCC=Cc1ccc2ccc(O)cc2c1)OCc1ccccc1. The van der Waals surface area contributed by atoms with Gasteiger partial charge in [-0.2, -0.15) is 0 Å². The topological polar surface area (TPSA) is 58.6 Å². The van der Waals surface area contributed by atoms with Gasteiger partial charge in [0.05, 0.1) is 0 Å². The van der Waals surface area contributed by atoms with Crippen LogP contribution >= 0.6 is 0 Å². The van der Waals surface area contributed by atoms with E-state index in [0.29, 0.717) is 13.0 Å². The van der Waals surface area contributed by atoms with Gasteiger partial charge < -0.3 is 15.2 Å². The molecule has 3 aromatic rings. The van der Waals surface area contributed by atoms with Crippen LogP contribution in [0.25, 0.3) is 16.8 Å². The predicted octanol–water partition coefficient (Wildman–Crippen LogP) is 4.88. The molecule has 0 saturated carbocycles. The molecule has 4 nitrogen and oxygen atoms in total. The molecule has 3 aromatic carbocycles. The number of phenolic OH excluding ortho intramolecular Hbond substituents is 1. The zero-order chi connectivity index (χ0) is 18.2. The Bertz CT molecular complexity index is 904. The lowest BCUT2D eigenvalue weighted by Crippen LogP contribution is -2.24. The molecule has 0 spiro atoms. The number of amides is 1. The van der Waals surface area contributed by atoms with Crippen molar-refractivity contribution in [3.05, 3.63) is 83.9 Å². The van der Waals surface area contributed by atoms with E-state index in [1.807, 2.05) is 66.7 Å². The number of hydrogen-bond acceptors (Lipinski definition) is 3. The normalized spacial score (nSPS) is 10.9. The summed E-state index contributed by atoms with van der Waals surface area (Å²) in [6.45, 7) is 0.783. The minimum Gasteiger partial charge on any atom is -0.508 e.